The first-order valence-corrected chi connectivity index (χ1v) is 13.1. The topological polar surface area (TPSA) is 102 Å². The molecule has 1 aromatic carbocycles. The minimum Gasteiger partial charge on any atom is -0.494 e. The molecule has 0 radical (unpaired) electrons. The Balaban J connectivity index is 1.83. The van der Waals surface area contributed by atoms with Crippen LogP contribution in [0.4, 0.5) is 0 Å². The average Bonchev–Trinajstić information content (AvgIpc) is 2.88. The number of nitrogens with zero attached hydrogens (tertiary/aromatic N) is 4. The Bertz CT molecular complexity index is 1170. The number of aryl methyl sites for hydroxylation is 3. The number of aromatic nitrogens is 2. The van der Waals surface area contributed by atoms with Crippen molar-refractivity contribution in [3.63, 3.8) is 0 Å². The Morgan fingerprint density at radius 3 is 2.10 bits per heavy atom. The average molecular weight is 471 g/mol. The highest BCUT2D eigenvalue weighted by Crippen LogP contribution is 2.27. The van der Waals surface area contributed by atoms with Gasteiger partial charge < -0.3 is 4.74 Å². The standard InChI is InChI=1S/C20H30N4O5S2/c1-6-29-19-9-8-18(14-15(19)2)30(25,26)23-10-7-11-24(13-12-23)31(27,28)20-16(3)21-22(5)17(20)4/h8-9,14H,6-7,10-13H2,1-5H3. The molecule has 0 bridgehead atoms. The molecule has 1 aliphatic heterocycles. The van der Waals surface area contributed by atoms with E-state index in [1.165, 1.54) is 14.7 Å². The summed E-state index contributed by atoms with van der Waals surface area (Å²) in [6.45, 7) is 8.25. The molecule has 2 heterocycles. The SMILES string of the molecule is CCOc1ccc(S(=O)(=O)N2CCCN(S(=O)(=O)c3c(C)nn(C)c3C)CC2)cc1C. The van der Waals surface area contributed by atoms with E-state index in [1.807, 2.05) is 6.92 Å². The fourth-order valence-electron chi connectivity index (χ4n) is 3.86. The monoisotopic (exact) mass is 470 g/mol. The molecule has 0 amide bonds. The summed E-state index contributed by atoms with van der Waals surface area (Å²) in [6.07, 6.45) is 0.410. The zero-order valence-electron chi connectivity index (χ0n) is 18.6. The molecule has 172 valence electrons. The van der Waals surface area contributed by atoms with Crippen LogP contribution in [-0.4, -0.2) is 68.0 Å². The van der Waals surface area contributed by atoms with Crippen LogP contribution >= 0.6 is 0 Å². The Hall–Kier alpha value is -1.95. The highest BCUT2D eigenvalue weighted by molar-refractivity contribution is 7.89. The van der Waals surface area contributed by atoms with E-state index in [1.54, 1.807) is 44.6 Å². The van der Waals surface area contributed by atoms with Gasteiger partial charge in [-0.2, -0.15) is 13.7 Å². The van der Waals surface area contributed by atoms with Crippen molar-refractivity contribution in [1.29, 1.82) is 0 Å². The van der Waals surface area contributed by atoms with Gasteiger partial charge in [-0.15, -0.1) is 0 Å². The Kier molecular flexibility index (Phi) is 6.80. The fraction of sp³-hybridized carbons (Fsp3) is 0.550. The van der Waals surface area contributed by atoms with E-state index in [0.29, 0.717) is 30.2 Å². The van der Waals surface area contributed by atoms with Crippen molar-refractivity contribution in [2.75, 3.05) is 32.8 Å². The van der Waals surface area contributed by atoms with Crippen molar-refractivity contribution in [3.8, 4) is 5.75 Å². The van der Waals surface area contributed by atoms with E-state index in [0.717, 1.165) is 5.56 Å². The lowest BCUT2D eigenvalue weighted by atomic mass is 10.2. The quantitative estimate of drug-likeness (QED) is 0.638. The molecule has 3 rings (SSSR count). The largest absolute Gasteiger partial charge is 0.494 e. The van der Waals surface area contributed by atoms with Gasteiger partial charge in [-0.1, -0.05) is 0 Å². The lowest BCUT2D eigenvalue weighted by Gasteiger charge is -2.22. The van der Waals surface area contributed by atoms with Gasteiger partial charge in [0.15, 0.2) is 0 Å². The van der Waals surface area contributed by atoms with Crippen molar-refractivity contribution in [3.05, 3.63) is 35.2 Å². The summed E-state index contributed by atoms with van der Waals surface area (Å²) in [5.41, 5.74) is 1.75. The van der Waals surface area contributed by atoms with Gasteiger partial charge in [0.25, 0.3) is 0 Å². The molecule has 0 unspecified atom stereocenters. The summed E-state index contributed by atoms with van der Waals surface area (Å²) < 4.78 is 62.7. The fourth-order valence-corrected chi connectivity index (χ4v) is 7.28. The number of hydrogen-bond donors (Lipinski definition) is 0. The molecule has 0 N–H and O–H groups in total. The lowest BCUT2D eigenvalue weighted by molar-refractivity contribution is 0.337. The van der Waals surface area contributed by atoms with Crippen LogP contribution in [0.15, 0.2) is 28.0 Å². The number of ether oxygens (including phenoxy) is 1. The summed E-state index contributed by atoms with van der Waals surface area (Å²) in [7, 11) is -5.81. The first-order chi connectivity index (χ1) is 14.5. The second kappa shape index (κ2) is 8.89. The van der Waals surface area contributed by atoms with Crippen LogP contribution in [-0.2, 0) is 27.1 Å². The molecule has 0 spiro atoms. The Morgan fingerprint density at radius 2 is 1.58 bits per heavy atom. The van der Waals surface area contributed by atoms with Gasteiger partial charge in [0.1, 0.15) is 10.6 Å². The molecule has 1 saturated heterocycles. The van der Waals surface area contributed by atoms with Crippen molar-refractivity contribution in [2.45, 2.75) is 43.9 Å². The smallest absolute Gasteiger partial charge is 0.246 e. The molecule has 9 nitrogen and oxygen atoms in total. The van der Waals surface area contributed by atoms with Gasteiger partial charge in [-0.3, -0.25) is 4.68 Å². The van der Waals surface area contributed by atoms with E-state index in [2.05, 4.69) is 5.10 Å². The molecule has 0 aliphatic carbocycles. The van der Waals surface area contributed by atoms with Gasteiger partial charge in [-0.25, -0.2) is 16.8 Å². The zero-order chi connectivity index (χ0) is 23.0. The van der Waals surface area contributed by atoms with Crippen LogP contribution in [0, 0.1) is 20.8 Å². The minimum absolute atomic E-state index is 0.0886. The third-order valence-corrected chi connectivity index (χ3v) is 9.58. The maximum atomic E-state index is 13.3. The van der Waals surface area contributed by atoms with E-state index in [-0.39, 0.29) is 36.0 Å². The normalized spacial score (nSPS) is 16.9. The number of sulfonamides is 2. The third-order valence-electron chi connectivity index (χ3n) is 5.54. The predicted octanol–water partition coefficient (Wildman–Crippen LogP) is 1.83. The molecule has 11 heteroatoms. The van der Waals surface area contributed by atoms with Crippen molar-refractivity contribution < 1.29 is 21.6 Å². The molecule has 0 atom stereocenters. The van der Waals surface area contributed by atoms with Crippen LogP contribution in [0.5, 0.6) is 5.75 Å². The van der Waals surface area contributed by atoms with E-state index in [4.69, 9.17) is 4.74 Å². The van der Waals surface area contributed by atoms with E-state index < -0.39 is 20.0 Å². The third kappa shape index (κ3) is 4.50. The summed E-state index contributed by atoms with van der Waals surface area (Å²) in [5.74, 6) is 0.650. The summed E-state index contributed by atoms with van der Waals surface area (Å²) >= 11 is 0. The van der Waals surface area contributed by atoms with Gasteiger partial charge >= 0.3 is 0 Å². The first kappa shape index (κ1) is 23.7. The minimum atomic E-state index is -3.77. The van der Waals surface area contributed by atoms with Crippen LogP contribution in [0.3, 0.4) is 0 Å². The molecule has 1 fully saturated rings. The Labute approximate surface area is 184 Å². The number of benzene rings is 1. The van der Waals surface area contributed by atoms with Crippen LogP contribution in [0.25, 0.3) is 0 Å². The van der Waals surface area contributed by atoms with Gasteiger partial charge in [0.05, 0.1) is 22.9 Å². The van der Waals surface area contributed by atoms with Crippen molar-refractivity contribution in [1.82, 2.24) is 18.4 Å². The molecule has 0 saturated carbocycles. The number of rotatable bonds is 6. The van der Waals surface area contributed by atoms with Gasteiger partial charge in [-0.05, 0) is 57.9 Å². The second-order valence-electron chi connectivity index (χ2n) is 7.65. The van der Waals surface area contributed by atoms with Crippen molar-refractivity contribution in [2.24, 2.45) is 7.05 Å². The number of hydrogen-bond acceptors (Lipinski definition) is 6. The first-order valence-electron chi connectivity index (χ1n) is 10.2. The summed E-state index contributed by atoms with van der Waals surface area (Å²) in [4.78, 5) is 0.386. The van der Waals surface area contributed by atoms with E-state index in [9.17, 15) is 16.8 Å². The molecular weight excluding hydrogens is 440 g/mol. The van der Waals surface area contributed by atoms with Gasteiger partial charge in [0, 0.05) is 33.2 Å². The lowest BCUT2D eigenvalue weighted by Crippen LogP contribution is -2.37. The summed E-state index contributed by atoms with van der Waals surface area (Å²) in [6, 6.07) is 4.80. The molecule has 1 aliphatic rings. The maximum Gasteiger partial charge on any atom is 0.246 e. The maximum absolute atomic E-state index is 13.3. The van der Waals surface area contributed by atoms with E-state index >= 15 is 0 Å². The molecular formula is C20H30N4O5S2. The highest BCUT2D eigenvalue weighted by atomic mass is 32.2. The van der Waals surface area contributed by atoms with Crippen LogP contribution in [0.1, 0.15) is 30.3 Å². The molecule has 31 heavy (non-hydrogen) atoms. The second-order valence-corrected chi connectivity index (χ2v) is 11.5. The van der Waals surface area contributed by atoms with Crippen LogP contribution < -0.4 is 4.74 Å². The Morgan fingerprint density at radius 1 is 0.968 bits per heavy atom. The molecule has 1 aromatic heterocycles. The van der Waals surface area contributed by atoms with Gasteiger partial charge in [0.2, 0.25) is 20.0 Å². The highest BCUT2D eigenvalue weighted by Gasteiger charge is 2.34. The summed E-state index contributed by atoms with van der Waals surface area (Å²) in [5, 5.41) is 4.21. The van der Waals surface area contributed by atoms with Crippen LogP contribution in [0.2, 0.25) is 0 Å². The zero-order valence-corrected chi connectivity index (χ0v) is 20.3. The predicted molar refractivity (Wildman–Crippen MR) is 117 cm³/mol. The molecule has 2 aromatic rings. The van der Waals surface area contributed by atoms with Crippen molar-refractivity contribution >= 4 is 20.0 Å².